The predicted octanol–water partition coefficient (Wildman–Crippen LogP) is 0.420. The highest BCUT2D eigenvalue weighted by Crippen LogP contribution is 2.35. The third-order valence-corrected chi connectivity index (χ3v) is 5.13. The van der Waals surface area contributed by atoms with Crippen molar-refractivity contribution < 1.29 is 19.2 Å². The second-order valence-corrected chi connectivity index (χ2v) is 6.65. The van der Waals surface area contributed by atoms with Crippen molar-refractivity contribution in [3.8, 4) is 5.75 Å². The first-order chi connectivity index (χ1) is 12.0. The van der Waals surface area contributed by atoms with Crippen molar-refractivity contribution in [1.82, 2.24) is 10.2 Å². The lowest BCUT2D eigenvalue weighted by Crippen LogP contribution is -2.46. The third-order valence-electron chi connectivity index (χ3n) is 5.13. The van der Waals surface area contributed by atoms with Gasteiger partial charge in [-0.05, 0) is 17.9 Å². The van der Waals surface area contributed by atoms with E-state index < -0.39 is 4.92 Å². The zero-order valence-corrected chi connectivity index (χ0v) is 14.7. The lowest BCUT2D eigenvalue weighted by molar-refractivity contribution is -0.384. The number of nitrogens with zero attached hydrogens (tertiary/aromatic N) is 3. The molecule has 2 fully saturated rings. The van der Waals surface area contributed by atoms with E-state index in [1.54, 1.807) is 4.90 Å². The second-order valence-electron chi connectivity index (χ2n) is 6.65. The first-order valence-electron chi connectivity index (χ1n) is 8.23. The minimum absolute atomic E-state index is 0. The number of fused-ring (bicyclic) bond motifs is 2. The van der Waals surface area contributed by atoms with Gasteiger partial charge < -0.3 is 15.0 Å². The summed E-state index contributed by atoms with van der Waals surface area (Å²) in [6.07, 6.45) is 0. The summed E-state index contributed by atoms with van der Waals surface area (Å²) in [4.78, 5) is 38.4. The van der Waals surface area contributed by atoms with Gasteiger partial charge in [0.15, 0.2) is 6.61 Å². The molecular weight excluding hydrogens is 364 g/mol. The third kappa shape index (κ3) is 3.19. The van der Waals surface area contributed by atoms with Crippen LogP contribution in [0.5, 0.6) is 5.75 Å². The van der Waals surface area contributed by atoms with Gasteiger partial charge in [0.05, 0.1) is 10.6 Å². The van der Waals surface area contributed by atoms with E-state index in [1.165, 1.54) is 23.1 Å². The van der Waals surface area contributed by atoms with E-state index in [2.05, 4.69) is 5.32 Å². The van der Waals surface area contributed by atoms with E-state index in [0.717, 1.165) is 13.1 Å². The summed E-state index contributed by atoms with van der Waals surface area (Å²) in [5.74, 6) is 0.806. The number of hydrogen-bond donors (Lipinski definition) is 1. The van der Waals surface area contributed by atoms with Crippen LogP contribution in [0.25, 0.3) is 0 Å². The Balaban J connectivity index is 0.00000196. The number of amides is 2. The monoisotopic (exact) mass is 382 g/mol. The van der Waals surface area contributed by atoms with Gasteiger partial charge in [0.2, 0.25) is 5.91 Å². The van der Waals surface area contributed by atoms with Gasteiger partial charge in [-0.2, -0.15) is 0 Å². The van der Waals surface area contributed by atoms with Crippen LogP contribution >= 0.6 is 12.4 Å². The van der Waals surface area contributed by atoms with Gasteiger partial charge in [0, 0.05) is 38.3 Å². The van der Waals surface area contributed by atoms with E-state index in [4.69, 9.17) is 4.74 Å². The molecule has 2 atom stereocenters. The van der Waals surface area contributed by atoms with Crippen LogP contribution in [-0.4, -0.2) is 61.0 Å². The maximum absolute atomic E-state index is 12.7. The molecule has 0 radical (unpaired) electrons. The van der Waals surface area contributed by atoms with E-state index in [1.807, 2.05) is 0 Å². The van der Waals surface area contributed by atoms with Gasteiger partial charge >= 0.3 is 0 Å². The maximum atomic E-state index is 12.7. The SMILES string of the molecule is Cl.O=C(CN1C(=O)COc2ccc([N+](=O)[O-])cc21)N1C[C@H]2CNC[C@H]2C1. The fourth-order valence-electron chi connectivity index (χ4n) is 3.77. The number of ether oxygens (including phenoxy) is 1. The van der Waals surface area contributed by atoms with Crippen molar-refractivity contribution in [2.24, 2.45) is 11.8 Å². The smallest absolute Gasteiger partial charge is 0.271 e. The average molecular weight is 383 g/mol. The zero-order valence-electron chi connectivity index (χ0n) is 13.9. The Morgan fingerprint density at radius 3 is 2.65 bits per heavy atom. The molecule has 0 spiro atoms. The standard InChI is InChI=1S/C16H18N4O5.ClH/c21-15(18-6-10-4-17-5-11(10)7-18)8-19-13-3-12(20(23)24)1-2-14(13)25-9-16(19)22;/h1-3,10-11,17H,4-9H2;1H/t10-,11+;. The molecule has 2 saturated heterocycles. The van der Waals surface area contributed by atoms with E-state index >= 15 is 0 Å². The number of nitrogens with one attached hydrogen (secondary N) is 1. The number of carbonyl (C=O) groups excluding carboxylic acids is 2. The summed E-state index contributed by atoms with van der Waals surface area (Å²) in [5.41, 5.74) is 0.135. The number of anilines is 1. The molecule has 26 heavy (non-hydrogen) atoms. The second kappa shape index (κ2) is 7.08. The Morgan fingerprint density at radius 2 is 2.00 bits per heavy atom. The molecule has 0 bridgehead atoms. The van der Waals surface area contributed by atoms with Crippen molar-refractivity contribution in [2.45, 2.75) is 0 Å². The number of likely N-dealkylation sites (tertiary alicyclic amines) is 1. The number of hydrogen-bond acceptors (Lipinski definition) is 6. The molecule has 1 aromatic rings. The Kier molecular flexibility index (Phi) is 5.01. The summed E-state index contributed by atoms with van der Waals surface area (Å²) in [7, 11) is 0. The van der Waals surface area contributed by atoms with Crippen LogP contribution in [-0.2, 0) is 9.59 Å². The summed E-state index contributed by atoms with van der Waals surface area (Å²) >= 11 is 0. The maximum Gasteiger partial charge on any atom is 0.271 e. The van der Waals surface area contributed by atoms with Crippen molar-refractivity contribution in [3.63, 3.8) is 0 Å². The molecule has 3 aliphatic rings. The van der Waals surface area contributed by atoms with Crippen molar-refractivity contribution in [1.29, 1.82) is 0 Å². The summed E-state index contributed by atoms with van der Waals surface area (Å²) in [6.45, 7) is 2.92. The highest BCUT2D eigenvalue weighted by molar-refractivity contribution is 6.02. The molecule has 0 unspecified atom stereocenters. The lowest BCUT2D eigenvalue weighted by atomic mass is 10.0. The fourth-order valence-corrected chi connectivity index (χ4v) is 3.77. The van der Waals surface area contributed by atoms with E-state index in [0.29, 0.717) is 30.7 Å². The number of benzene rings is 1. The lowest BCUT2D eigenvalue weighted by Gasteiger charge is -2.30. The van der Waals surface area contributed by atoms with Gasteiger partial charge in [0.25, 0.3) is 11.6 Å². The summed E-state index contributed by atoms with van der Waals surface area (Å²) < 4.78 is 5.32. The van der Waals surface area contributed by atoms with Crippen LogP contribution in [0.3, 0.4) is 0 Å². The van der Waals surface area contributed by atoms with E-state index in [9.17, 15) is 19.7 Å². The number of carbonyl (C=O) groups is 2. The first-order valence-corrected chi connectivity index (χ1v) is 8.23. The minimum atomic E-state index is -0.534. The first kappa shape index (κ1) is 18.4. The molecule has 0 aliphatic carbocycles. The molecule has 1 aromatic carbocycles. The Labute approximate surface area is 155 Å². The van der Waals surface area contributed by atoms with Crippen LogP contribution in [0.2, 0.25) is 0 Å². The highest BCUT2D eigenvalue weighted by atomic mass is 35.5. The van der Waals surface area contributed by atoms with Gasteiger partial charge in [-0.3, -0.25) is 24.6 Å². The van der Waals surface area contributed by atoms with Crippen molar-refractivity contribution in [2.75, 3.05) is 44.2 Å². The molecule has 140 valence electrons. The van der Waals surface area contributed by atoms with Crippen LogP contribution in [0, 0.1) is 22.0 Å². The number of non-ortho nitro benzene ring substituents is 1. The van der Waals surface area contributed by atoms with Crippen LogP contribution in [0.1, 0.15) is 0 Å². The van der Waals surface area contributed by atoms with Gasteiger partial charge in [0.1, 0.15) is 12.3 Å². The Hall–Kier alpha value is -2.39. The summed E-state index contributed by atoms with van der Waals surface area (Å²) in [5, 5.41) is 14.3. The normalized spacial score (nSPS) is 23.8. The number of halogens is 1. The molecule has 0 aromatic heterocycles. The largest absolute Gasteiger partial charge is 0.482 e. The number of nitro benzene ring substituents is 1. The van der Waals surface area contributed by atoms with Crippen LogP contribution in [0.4, 0.5) is 11.4 Å². The molecule has 0 saturated carbocycles. The van der Waals surface area contributed by atoms with Crippen molar-refractivity contribution in [3.05, 3.63) is 28.3 Å². The molecule has 10 heteroatoms. The molecule has 1 N–H and O–H groups in total. The molecule has 2 amide bonds. The molecule has 9 nitrogen and oxygen atoms in total. The minimum Gasteiger partial charge on any atom is -0.482 e. The highest BCUT2D eigenvalue weighted by Gasteiger charge is 2.39. The Morgan fingerprint density at radius 1 is 1.31 bits per heavy atom. The van der Waals surface area contributed by atoms with Gasteiger partial charge in [-0.1, -0.05) is 0 Å². The van der Waals surface area contributed by atoms with Crippen LogP contribution in [0.15, 0.2) is 18.2 Å². The predicted molar refractivity (Wildman–Crippen MR) is 94.6 cm³/mol. The molecular formula is C16H19ClN4O5. The fraction of sp³-hybridized carbons (Fsp3) is 0.500. The van der Waals surface area contributed by atoms with E-state index in [-0.39, 0.29) is 48.7 Å². The molecule has 3 heterocycles. The topological polar surface area (TPSA) is 105 Å². The van der Waals surface area contributed by atoms with Gasteiger partial charge in [-0.25, -0.2) is 0 Å². The number of rotatable bonds is 3. The van der Waals surface area contributed by atoms with Gasteiger partial charge in [-0.15, -0.1) is 12.4 Å². The summed E-state index contributed by atoms with van der Waals surface area (Å²) in [6, 6.07) is 4.06. The zero-order chi connectivity index (χ0) is 17.6. The van der Waals surface area contributed by atoms with Crippen molar-refractivity contribution >= 4 is 35.6 Å². The van der Waals surface area contributed by atoms with Crippen LogP contribution < -0.4 is 15.0 Å². The molecule has 4 rings (SSSR count). The molecule has 3 aliphatic heterocycles. The Bertz CT molecular complexity index is 746. The number of nitro groups is 1. The quantitative estimate of drug-likeness (QED) is 0.600. The average Bonchev–Trinajstić information content (AvgIpc) is 3.18.